The van der Waals surface area contributed by atoms with Gasteiger partial charge in [-0.2, -0.15) is 0 Å². The summed E-state index contributed by atoms with van der Waals surface area (Å²) in [6, 6.07) is 3.42. The second-order valence-corrected chi connectivity index (χ2v) is 6.07. The van der Waals surface area contributed by atoms with Crippen LogP contribution < -0.4 is 10.1 Å². The van der Waals surface area contributed by atoms with E-state index >= 15 is 0 Å². The number of ether oxygens (including phenoxy) is 2. The van der Waals surface area contributed by atoms with Gasteiger partial charge in [0.15, 0.2) is 0 Å². The summed E-state index contributed by atoms with van der Waals surface area (Å²) in [5, 5.41) is 21.7. The number of aliphatic hydroxyl groups excluding tert-OH is 1. The molecule has 0 bridgehead atoms. The highest BCUT2D eigenvalue weighted by Gasteiger charge is 2.43. The van der Waals surface area contributed by atoms with Crippen LogP contribution in [0.4, 0.5) is 0 Å². The Kier molecular flexibility index (Phi) is 4.03. The molecule has 1 aromatic heterocycles. The van der Waals surface area contributed by atoms with E-state index in [2.05, 4.69) is 15.6 Å². The first kappa shape index (κ1) is 15.2. The van der Waals surface area contributed by atoms with Crippen molar-refractivity contribution < 1.29 is 19.2 Å². The van der Waals surface area contributed by atoms with Gasteiger partial charge >= 0.3 is 0 Å². The minimum Gasteiger partial charge on any atom is -0.485 e. The fraction of sp³-hybridized carbons (Fsp3) is 0.600. The number of rotatable bonds is 5. The third-order valence-electron chi connectivity index (χ3n) is 4.01. The molecule has 0 fully saturated rings. The molecule has 0 radical (unpaired) electrons. The van der Waals surface area contributed by atoms with E-state index in [1.165, 1.54) is 0 Å². The van der Waals surface area contributed by atoms with Crippen molar-refractivity contribution in [3.63, 3.8) is 0 Å². The van der Waals surface area contributed by atoms with Gasteiger partial charge in [-0.25, -0.2) is 4.63 Å². The maximum atomic E-state index is 10.6. The number of hydrogen-bond acceptors (Lipinski definition) is 7. The maximum absolute atomic E-state index is 10.6. The maximum Gasteiger partial charge on any atom is 0.138 e. The zero-order valence-electron chi connectivity index (χ0n) is 13.0. The second-order valence-electron chi connectivity index (χ2n) is 6.07. The van der Waals surface area contributed by atoms with Crippen LogP contribution in [0.5, 0.6) is 5.75 Å². The van der Waals surface area contributed by atoms with Crippen molar-refractivity contribution in [2.45, 2.75) is 38.0 Å². The molecular weight excluding hydrogens is 286 g/mol. The van der Waals surface area contributed by atoms with Crippen molar-refractivity contribution in [2.75, 3.05) is 20.3 Å². The van der Waals surface area contributed by atoms with Crippen LogP contribution in [0.15, 0.2) is 16.8 Å². The molecule has 22 heavy (non-hydrogen) atoms. The van der Waals surface area contributed by atoms with Crippen LogP contribution in [0.2, 0.25) is 0 Å². The Bertz CT molecular complexity index is 655. The molecule has 2 heterocycles. The number of aromatic nitrogens is 2. The molecule has 120 valence electrons. The summed E-state index contributed by atoms with van der Waals surface area (Å²) in [6.45, 7) is 5.15. The first-order valence-corrected chi connectivity index (χ1v) is 7.38. The lowest BCUT2D eigenvalue weighted by Gasteiger charge is -2.42. The van der Waals surface area contributed by atoms with E-state index in [0.717, 1.165) is 18.5 Å². The van der Waals surface area contributed by atoms with Crippen LogP contribution in [0.25, 0.3) is 11.0 Å². The average molecular weight is 307 g/mol. The molecule has 1 aliphatic heterocycles. The number of hydrogen-bond donors (Lipinski definition) is 2. The molecule has 2 atom stereocenters. The summed E-state index contributed by atoms with van der Waals surface area (Å²) < 4.78 is 15.8. The van der Waals surface area contributed by atoms with E-state index in [-0.39, 0.29) is 6.04 Å². The minimum absolute atomic E-state index is 0.239. The van der Waals surface area contributed by atoms with Crippen LogP contribution >= 0.6 is 0 Å². The van der Waals surface area contributed by atoms with Crippen molar-refractivity contribution >= 4 is 11.0 Å². The van der Waals surface area contributed by atoms with Crippen LogP contribution in [-0.2, 0) is 4.74 Å². The molecule has 0 saturated heterocycles. The normalized spacial score (nSPS) is 23.3. The molecule has 7 heteroatoms. The van der Waals surface area contributed by atoms with Crippen LogP contribution in [-0.4, -0.2) is 47.4 Å². The van der Waals surface area contributed by atoms with E-state index < -0.39 is 11.7 Å². The molecule has 2 unspecified atom stereocenters. The lowest BCUT2D eigenvalue weighted by atomic mass is 9.86. The number of benzene rings is 1. The van der Waals surface area contributed by atoms with Crippen LogP contribution in [0.3, 0.4) is 0 Å². The monoisotopic (exact) mass is 307 g/mol. The van der Waals surface area contributed by atoms with Crippen LogP contribution in [0, 0.1) is 0 Å². The molecule has 0 spiro atoms. The van der Waals surface area contributed by atoms with E-state index in [9.17, 15) is 5.11 Å². The second kappa shape index (κ2) is 5.83. The number of aliphatic hydroxyl groups is 1. The lowest BCUT2D eigenvalue weighted by Crippen LogP contribution is -2.52. The summed E-state index contributed by atoms with van der Waals surface area (Å²) in [4.78, 5) is 0. The topological polar surface area (TPSA) is 89.6 Å². The van der Waals surface area contributed by atoms with Gasteiger partial charge in [-0.15, -0.1) is 0 Å². The molecule has 0 amide bonds. The molecule has 1 aromatic carbocycles. The van der Waals surface area contributed by atoms with E-state index in [1.807, 2.05) is 19.9 Å². The predicted octanol–water partition coefficient (Wildman–Crippen LogP) is 1.42. The predicted molar refractivity (Wildman–Crippen MR) is 79.8 cm³/mol. The number of nitrogens with zero attached hydrogens (tertiary/aromatic N) is 2. The fourth-order valence-electron chi connectivity index (χ4n) is 2.77. The molecule has 1 aliphatic rings. The summed E-state index contributed by atoms with van der Waals surface area (Å²) in [6.07, 6.45) is 0.184. The zero-order valence-corrected chi connectivity index (χ0v) is 13.0. The highest BCUT2D eigenvalue weighted by atomic mass is 16.6. The summed E-state index contributed by atoms with van der Waals surface area (Å²) in [5.41, 5.74) is 1.46. The van der Waals surface area contributed by atoms with Crippen molar-refractivity contribution in [1.82, 2.24) is 15.6 Å². The standard InChI is InChI=1S/C15H21N3O4/c1-15(2)14(19)13(16-5-4-6-20-3)9-7-10-11(18-22-17-10)8-12(9)21-15/h7-8,13-14,16,19H,4-6H2,1-3H3. The number of methoxy groups -OCH3 is 1. The smallest absolute Gasteiger partial charge is 0.138 e. The Morgan fingerprint density at radius 1 is 1.32 bits per heavy atom. The number of nitrogens with one attached hydrogen (secondary N) is 1. The first-order valence-electron chi connectivity index (χ1n) is 7.38. The third-order valence-corrected chi connectivity index (χ3v) is 4.01. The Labute approximate surface area is 128 Å². The quantitative estimate of drug-likeness (QED) is 0.807. The fourth-order valence-corrected chi connectivity index (χ4v) is 2.77. The first-order chi connectivity index (χ1) is 10.5. The Balaban J connectivity index is 1.93. The van der Waals surface area contributed by atoms with Crippen LogP contribution in [0.1, 0.15) is 31.9 Å². The van der Waals surface area contributed by atoms with Gasteiger partial charge in [0, 0.05) is 25.3 Å². The largest absolute Gasteiger partial charge is 0.485 e. The Morgan fingerprint density at radius 2 is 2.05 bits per heavy atom. The average Bonchev–Trinajstić information content (AvgIpc) is 2.92. The molecular formula is C15H21N3O4. The number of fused-ring (bicyclic) bond motifs is 2. The van der Waals surface area contributed by atoms with Crippen molar-refractivity contribution in [1.29, 1.82) is 0 Å². The summed E-state index contributed by atoms with van der Waals surface area (Å²) in [5.74, 6) is 0.697. The van der Waals surface area contributed by atoms with Crippen molar-refractivity contribution in [2.24, 2.45) is 0 Å². The van der Waals surface area contributed by atoms with Crippen molar-refractivity contribution in [3.05, 3.63) is 17.7 Å². The third kappa shape index (κ3) is 2.67. The SMILES string of the molecule is COCCCNC1c2cc3nonc3cc2OC(C)(C)C1O. The molecule has 2 N–H and O–H groups in total. The van der Waals surface area contributed by atoms with Gasteiger partial charge in [0.05, 0.1) is 6.04 Å². The van der Waals surface area contributed by atoms with E-state index in [4.69, 9.17) is 14.1 Å². The minimum atomic E-state index is -0.698. The molecule has 2 aromatic rings. The van der Waals surface area contributed by atoms with E-state index in [1.54, 1.807) is 13.2 Å². The van der Waals surface area contributed by atoms with Gasteiger partial charge in [-0.3, -0.25) is 0 Å². The van der Waals surface area contributed by atoms with Crippen molar-refractivity contribution in [3.8, 4) is 5.75 Å². The van der Waals surface area contributed by atoms with Gasteiger partial charge in [0.2, 0.25) is 0 Å². The zero-order chi connectivity index (χ0) is 15.7. The molecule has 0 aliphatic carbocycles. The summed E-state index contributed by atoms with van der Waals surface area (Å²) >= 11 is 0. The van der Waals surface area contributed by atoms with E-state index in [0.29, 0.717) is 23.4 Å². The molecule has 3 rings (SSSR count). The van der Waals surface area contributed by atoms with Gasteiger partial charge < -0.3 is 19.9 Å². The van der Waals surface area contributed by atoms with Gasteiger partial charge in [0.25, 0.3) is 0 Å². The van der Waals surface area contributed by atoms with Gasteiger partial charge in [0.1, 0.15) is 28.5 Å². The summed E-state index contributed by atoms with van der Waals surface area (Å²) in [7, 11) is 1.68. The lowest BCUT2D eigenvalue weighted by molar-refractivity contribution is -0.0645. The molecule has 0 saturated carbocycles. The van der Waals surface area contributed by atoms with Gasteiger partial charge in [-0.05, 0) is 43.2 Å². The molecule has 7 nitrogen and oxygen atoms in total. The Morgan fingerprint density at radius 3 is 2.77 bits per heavy atom. The van der Waals surface area contributed by atoms with Gasteiger partial charge in [-0.1, -0.05) is 0 Å². The highest BCUT2D eigenvalue weighted by Crippen LogP contribution is 2.41. The Hall–Kier alpha value is -1.70. The highest BCUT2D eigenvalue weighted by molar-refractivity contribution is 5.77.